The lowest BCUT2D eigenvalue weighted by molar-refractivity contribution is -0.140. The summed E-state index contributed by atoms with van der Waals surface area (Å²) in [5, 5.41) is 0.914. The predicted molar refractivity (Wildman–Crippen MR) is 132 cm³/mol. The first-order valence-corrected chi connectivity index (χ1v) is 13.2. The molecule has 2 aromatic rings. The van der Waals surface area contributed by atoms with E-state index in [1.54, 1.807) is 0 Å². The van der Waals surface area contributed by atoms with Crippen LogP contribution < -0.4 is 5.32 Å². The van der Waals surface area contributed by atoms with Crippen LogP contribution in [-0.2, 0) is 17.0 Å². The van der Waals surface area contributed by atoms with E-state index in [2.05, 4.69) is 0 Å². The average molecular weight is 667 g/mol. The Balaban J connectivity index is 2.44. The van der Waals surface area contributed by atoms with Crippen molar-refractivity contribution in [3.63, 3.8) is 0 Å². The van der Waals surface area contributed by atoms with Crippen molar-refractivity contribution in [3.8, 4) is 0 Å². The molecular weight excluding hydrogens is 651 g/mol. The summed E-state index contributed by atoms with van der Waals surface area (Å²) >= 11 is 17.2. The van der Waals surface area contributed by atoms with Gasteiger partial charge in [-0.1, -0.05) is 40.9 Å². The van der Waals surface area contributed by atoms with Gasteiger partial charge in [0.2, 0.25) is 0 Å². The SMILES string of the molecule is CC(CS(=O)CC(F)(F)F)NC(=O)c1ccc(/C(F)=C/C(c2cc(Cl)c(Cl)c(Cl)c2)C(F)(F)F)cc1C(F)(F)F. The molecule has 0 aliphatic rings. The van der Waals surface area contributed by atoms with Crippen LogP contribution in [0.4, 0.5) is 43.9 Å². The van der Waals surface area contributed by atoms with Crippen molar-refractivity contribution in [2.75, 3.05) is 11.5 Å². The van der Waals surface area contributed by atoms with Crippen LogP contribution in [0.2, 0.25) is 15.1 Å². The molecule has 3 atom stereocenters. The van der Waals surface area contributed by atoms with Crippen molar-refractivity contribution in [1.82, 2.24) is 5.32 Å². The first kappa shape index (κ1) is 34.2. The van der Waals surface area contributed by atoms with Crippen LogP contribution in [0.5, 0.6) is 0 Å². The summed E-state index contributed by atoms with van der Waals surface area (Å²) in [5.41, 5.74) is -4.47. The van der Waals surface area contributed by atoms with Gasteiger partial charge >= 0.3 is 18.5 Å². The minimum atomic E-state index is -5.30. The standard InChI is InChI=1S/C23H16Cl3F10NO2S/c1-10(8-40(39)9-21(28,29)30)37-20(38)13-3-2-11(4-15(13)23(34,35)36)18(27)7-14(22(31,32)33)12-5-16(24)19(26)17(25)6-12/h2-7,10,14H,8-9H2,1H3,(H,37,38)/b18-7-. The summed E-state index contributed by atoms with van der Waals surface area (Å²) in [6.45, 7) is 1.10. The Kier molecular flexibility index (Phi) is 11.0. The first-order chi connectivity index (χ1) is 18.1. The summed E-state index contributed by atoms with van der Waals surface area (Å²) in [5.74, 6) is -8.33. The van der Waals surface area contributed by atoms with Gasteiger partial charge in [-0.25, -0.2) is 4.39 Å². The molecule has 0 saturated heterocycles. The molecule has 0 saturated carbocycles. The molecule has 40 heavy (non-hydrogen) atoms. The maximum atomic E-state index is 14.9. The average Bonchev–Trinajstić information content (AvgIpc) is 2.77. The number of nitrogens with one attached hydrogen (secondary N) is 1. The van der Waals surface area contributed by atoms with Gasteiger partial charge < -0.3 is 5.32 Å². The summed E-state index contributed by atoms with van der Waals surface area (Å²) in [7, 11) is -2.49. The highest BCUT2D eigenvalue weighted by Gasteiger charge is 2.41. The monoisotopic (exact) mass is 665 g/mol. The van der Waals surface area contributed by atoms with Crippen LogP contribution in [0.25, 0.3) is 5.83 Å². The molecule has 2 aromatic carbocycles. The summed E-state index contributed by atoms with van der Waals surface area (Å²) in [4.78, 5) is 12.4. The van der Waals surface area contributed by atoms with Crippen LogP contribution in [0, 0.1) is 0 Å². The number of alkyl halides is 9. The predicted octanol–water partition coefficient (Wildman–Crippen LogP) is 8.75. The van der Waals surface area contributed by atoms with Crippen molar-refractivity contribution in [2.45, 2.75) is 37.4 Å². The third-order valence-corrected chi connectivity index (χ3v) is 7.73. The smallest absolute Gasteiger partial charge is 0.349 e. The molecule has 0 heterocycles. The lowest BCUT2D eigenvalue weighted by Gasteiger charge is -2.20. The van der Waals surface area contributed by atoms with E-state index in [0.717, 1.165) is 19.1 Å². The second kappa shape index (κ2) is 12.9. The molecule has 17 heteroatoms. The zero-order chi connectivity index (χ0) is 30.8. The topological polar surface area (TPSA) is 46.2 Å². The Hall–Kier alpha value is -2.03. The van der Waals surface area contributed by atoms with Gasteiger partial charge in [0.15, 0.2) is 0 Å². The Morgan fingerprint density at radius 3 is 2.00 bits per heavy atom. The van der Waals surface area contributed by atoms with Crippen LogP contribution in [0.15, 0.2) is 36.4 Å². The lowest BCUT2D eigenvalue weighted by atomic mass is 9.95. The Morgan fingerprint density at radius 1 is 0.975 bits per heavy atom. The molecule has 0 radical (unpaired) electrons. The maximum Gasteiger partial charge on any atom is 0.417 e. The van der Waals surface area contributed by atoms with Gasteiger partial charge in [-0.15, -0.1) is 0 Å². The molecular formula is C23H16Cl3F10NO2S. The molecule has 2 rings (SSSR count). The van der Waals surface area contributed by atoms with Crippen molar-refractivity contribution in [3.05, 3.63) is 73.7 Å². The van der Waals surface area contributed by atoms with Crippen LogP contribution in [0.1, 0.15) is 39.9 Å². The molecule has 1 N–H and O–H groups in total. The van der Waals surface area contributed by atoms with Gasteiger partial charge in [0.05, 0.1) is 26.2 Å². The third kappa shape index (κ3) is 9.52. The fourth-order valence-corrected chi connectivity index (χ4v) is 5.10. The van der Waals surface area contributed by atoms with Crippen molar-refractivity contribution < 1.29 is 52.9 Å². The Labute approximate surface area is 237 Å². The molecule has 3 unspecified atom stereocenters. The summed E-state index contributed by atoms with van der Waals surface area (Å²) < 4.78 is 146. The highest BCUT2D eigenvalue weighted by molar-refractivity contribution is 7.85. The van der Waals surface area contributed by atoms with Crippen LogP contribution >= 0.6 is 34.8 Å². The minimum Gasteiger partial charge on any atom is -0.349 e. The van der Waals surface area contributed by atoms with Crippen LogP contribution in [0.3, 0.4) is 0 Å². The van der Waals surface area contributed by atoms with Gasteiger partial charge in [0.1, 0.15) is 17.5 Å². The molecule has 0 bridgehead atoms. The Bertz CT molecular complexity index is 1290. The second-order valence-corrected chi connectivity index (χ2v) is 11.0. The summed E-state index contributed by atoms with van der Waals surface area (Å²) in [6.07, 6.45) is -15.2. The van der Waals surface area contributed by atoms with E-state index in [9.17, 15) is 52.9 Å². The van der Waals surface area contributed by atoms with E-state index in [-0.39, 0.29) is 17.2 Å². The number of benzene rings is 2. The zero-order valence-electron chi connectivity index (χ0n) is 19.7. The fourth-order valence-electron chi connectivity index (χ4n) is 3.37. The van der Waals surface area contributed by atoms with E-state index < -0.39 is 96.8 Å². The highest BCUT2D eigenvalue weighted by atomic mass is 35.5. The van der Waals surface area contributed by atoms with E-state index in [1.165, 1.54) is 0 Å². The van der Waals surface area contributed by atoms with Gasteiger partial charge in [0.25, 0.3) is 5.91 Å². The highest BCUT2D eigenvalue weighted by Crippen LogP contribution is 2.42. The summed E-state index contributed by atoms with van der Waals surface area (Å²) in [6, 6.07) is 1.45. The number of carbonyl (C=O) groups is 1. The van der Waals surface area contributed by atoms with Gasteiger partial charge in [-0.05, 0) is 42.8 Å². The van der Waals surface area contributed by atoms with E-state index in [4.69, 9.17) is 34.8 Å². The van der Waals surface area contributed by atoms with Gasteiger partial charge in [0, 0.05) is 28.2 Å². The first-order valence-electron chi connectivity index (χ1n) is 10.6. The molecule has 3 nitrogen and oxygen atoms in total. The Morgan fingerprint density at radius 2 is 1.52 bits per heavy atom. The maximum absolute atomic E-state index is 14.9. The number of allylic oxidation sites excluding steroid dienone is 1. The fraction of sp³-hybridized carbons (Fsp3) is 0.348. The quantitative estimate of drug-likeness (QED) is 0.226. The van der Waals surface area contributed by atoms with Crippen molar-refractivity contribution in [2.24, 2.45) is 0 Å². The second-order valence-electron chi connectivity index (χ2n) is 8.33. The minimum absolute atomic E-state index is 0.0107. The van der Waals surface area contributed by atoms with Gasteiger partial charge in [-0.3, -0.25) is 9.00 Å². The van der Waals surface area contributed by atoms with Crippen LogP contribution in [-0.4, -0.2) is 40.0 Å². The number of hydrogen-bond acceptors (Lipinski definition) is 2. The van der Waals surface area contributed by atoms with E-state index >= 15 is 0 Å². The molecule has 0 aliphatic carbocycles. The molecule has 0 aromatic heterocycles. The zero-order valence-corrected chi connectivity index (χ0v) is 22.8. The number of halogens is 13. The number of rotatable bonds is 8. The van der Waals surface area contributed by atoms with E-state index in [0.29, 0.717) is 12.1 Å². The van der Waals surface area contributed by atoms with Crippen molar-refractivity contribution in [1.29, 1.82) is 0 Å². The van der Waals surface area contributed by atoms with Crippen molar-refractivity contribution >= 4 is 57.3 Å². The third-order valence-electron chi connectivity index (χ3n) is 5.01. The molecule has 222 valence electrons. The number of amides is 1. The largest absolute Gasteiger partial charge is 0.417 e. The molecule has 0 aliphatic heterocycles. The van der Waals surface area contributed by atoms with E-state index in [1.807, 2.05) is 5.32 Å². The molecule has 1 amide bonds. The number of hydrogen-bond donors (Lipinski definition) is 1. The lowest BCUT2D eigenvalue weighted by Crippen LogP contribution is -2.38. The van der Waals surface area contributed by atoms with Gasteiger partial charge in [-0.2, -0.15) is 39.5 Å². The number of carbonyl (C=O) groups excluding carboxylic acids is 1. The molecule has 0 spiro atoms. The molecule has 0 fully saturated rings. The normalized spacial score (nSPS) is 15.5.